The minimum Gasteiger partial charge on any atom is -0.465 e. The molecule has 1 heterocycles. The molecule has 0 unspecified atom stereocenters. The van der Waals surface area contributed by atoms with Gasteiger partial charge in [0.25, 0.3) is 0 Å². The van der Waals surface area contributed by atoms with E-state index in [1.54, 1.807) is 78.9 Å². The number of benzene rings is 3. The van der Waals surface area contributed by atoms with Crippen LogP contribution in [-0.2, 0) is 20.3 Å². The van der Waals surface area contributed by atoms with Gasteiger partial charge in [0.05, 0.1) is 27.7 Å². The average molecular weight is 388 g/mol. The summed E-state index contributed by atoms with van der Waals surface area (Å²) in [7, 11) is -0.148. The molecule has 4 rings (SSSR count). The topological polar surface area (TPSA) is 60.4 Å². The number of ketones is 1. The van der Waals surface area contributed by atoms with Crippen molar-refractivity contribution >= 4 is 28.1 Å². The summed E-state index contributed by atoms with van der Waals surface area (Å²) in [4.78, 5) is 27.2. The van der Waals surface area contributed by atoms with Gasteiger partial charge in [0.2, 0.25) is 5.78 Å². The molecule has 0 radical (unpaired) electrons. The number of hydrogen-bond donors (Lipinski definition) is 0. The Bertz CT molecular complexity index is 1090. The summed E-state index contributed by atoms with van der Waals surface area (Å²) in [6, 6.07) is 22.8. The largest absolute Gasteiger partial charge is 0.465 e. The van der Waals surface area contributed by atoms with Crippen molar-refractivity contribution in [3.8, 4) is 0 Å². The Labute approximate surface area is 164 Å². The van der Waals surface area contributed by atoms with Crippen LogP contribution in [-0.4, -0.2) is 23.1 Å². The third kappa shape index (κ3) is 2.90. The Kier molecular flexibility index (Phi) is 4.75. The fraction of sp³-hybridized carbons (Fsp3) is 0.0435. The number of ether oxygens (including phenoxy) is 1. The quantitative estimate of drug-likeness (QED) is 0.175. The van der Waals surface area contributed by atoms with Gasteiger partial charge < -0.3 is 4.74 Å². The van der Waals surface area contributed by atoms with Gasteiger partial charge in [-0.3, -0.25) is 4.79 Å². The van der Waals surface area contributed by atoms with Gasteiger partial charge >= 0.3 is 5.97 Å². The van der Waals surface area contributed by atoms with E-state index in [1.165, 1.54) is 7.11 Å². The first-order chi connectivity index (χ1) is 13.6. The van der Waals surface area contributed by atoms with Crippen LogP contribution >= 0.6 is 0 Å². The summed E-state index contributed by atoms with van der Waals surface area (Å²) in [5, 5.41) is 0. The molecule has 0 fully saturated rings. The lowest BCUT2D eigenvalue weighted by atomic mass is 9.88. The van der Waals surface area contributed by atoms with E-state index in [9.17, 15) is 13.8 Å². The molecule has 4 nitrogen and oxygen atoms in total. The number of fused-ring (bicyclic) bond motifs is 2. The van der Waals surface area contributed by atoms with Crippen molar-refractivity contribution in [1.29, 1.82) is 0 Å². The van der Waals surface area contributed by atoms with E-state index in [2.05, 4.69) is 0 Å². The SMILES string of the molecule is COC(=O)C(C(=O)c1ccccc1)=C1c2ccccc2S(=O)c2ccccc21. The predicted octanol–water partition coefficient (Wildman–Crippen LogP) is 4.02. The molecular formula is C23H16O4S. The molecule has 0 amide bonds. The molecule has 5 heteroatoms. The zero-order valence-corrected chi connectivity index (χ0v) is 15.9. The van der Waals surface area contributed by atoms with Crippen molar-refractivity contribution < 1.29 is 18.5 Å². The zero-order valence-electron chi connectivity index (χ0n) is 15.0. The van der Waals surface area contributed by atoms with Gasteiger partial charge in [-0.1, -0.05) is 66.7 Å². The highest BCUT2D eigenvalue weighted by Gasteiger charge is 2.33. The average Bonchev–Trinajstić information content (AvgIpc) is 2.76. The first-order valence-corrected chi connectivity index (χ1v) is 9.81. The Hall–Kier alpha value is -3.31. The molecule has 3 aromatic rings. The van der Waals surface area contributed by atoms with E-state index in [-0.39, 0.29) is 5.57 Å². The van der Waals surface area contributed by atoms with Gasteiger partial charge in [-0.2, -0.15) is 0 Å². The summed E-state index contributed by atoms with van der Waals surface area (Å²) >= 11 is 0. The standard InChI is InChI=1S/C23H16O4S/c1-27-23(25)21(22(24)15-9-3-2-4-10-15)20-16-11-5-7-13-18(16)28(26)19-14-8-6-12-17(19)20/h2-14H,1H3. The lowest BCUT2D eigenvalue weighted by Gasteiger charge is -2.24. The minimum atomic E-state index is -1.40. The van der Waals surface area contributed by atoms with Crippen molar-refractivity contribution in [2.75, 3.05) is 7.11 Å². The molecule has 0 aliphatic carbocycles. The normalized spacial score (nSPS) is 14.6. The second-order valence-electron chi connectivity index (χ2n) is 6.20. The lowest BCUT2D eigenvalue weighted by molar-refractivity contribution is -0.135. The van der Waals surface area contributed by atoms with Crippen LogP contribution in [0.5, 0.6) is 0 Å². The molecule has 0 spiro atoms. The van der Waals surface area contributed by atoms with E-state index < -0.39 is 22.6 Å². The van der Waals surface area contributed by atoms with E-state index in [0.717, 1.165) is 0 Å². The maximum Gasteiger partial charge on any atom is 0.342 e. The number of carbonyl (C=O) groups excluding carboxylic acids is 2. The summed E-state index contributed by atoms with van der Waals surface area (Å²) in [6.07, 6.45) is 0. The highest BCUT2D eigenvalue weighted by molar-refractivity contribution is 7.85. The maximum atomic E-state index is 13.3. The van der Waals surface area contributed by atoms with Crippen molar-refractivity contribution in [2.24, 2.45) is 0 Å². The van der Waals surface area contributed by atoms with Gasteiger partial charge in [-0.15, -0.1) is 0 Å². The second-order valence-corrected chi connectivity index (χ2v) is 7.61. The monoisotopic (exact) mass is 388 g/mol. The molecule has 0 atom stereocenters. The van der Waals surface area contributed by atoms with Crippen molar-refractivity contribution in [2.45, 2.75) is 9.79 Å². The van der Waals surface area contributed by atoms with Crippen molar-refractivity contribution in [3.63, 3.8) is 0 Å². The van der Waals surface area contributed by atoms with E-state index in [0.29, 0.717) is 32.1 Å². The lowest BCUT2D eigenvalue weighted by Crippen LogP contribution is -2.20. The van der Waals surface area contributed by atoms with Crippen LogP contribution in [0.1, 0.15) is 21.5 Å². The Morgan fingerprint density at radius 1 is 0.750 bits per heavy atom. The molecule has 3 aromatic carbocycles. The third-order valence-corrected chi connectivity index (χ3v) is 6.13. The number of hydrogen-bond acceptors (Lipinski definition) is 4. The summed E-state index contributed by atoms with van der Waals surface area (Å²) in [5.74, 6) is -1.15. The highest BCUT2D eigenvalue weighted by Crippen LogP contribution is 2.41. The van der Waals surface area contributed by atoms with Crippen molar-refractivity contribution in [3.05, 3.63) is 101 Å². The van der Waals surface area contributed by atoms with E-state index >= 15 is 0 Å². The second kappa shape index (κ2) is 7.37. The zero-order chi connectivity index (χ0) is 19.7. The van der Waals surface area contributed by atoms with Gasteiger partial charge in [0.1, 0.15) is 5.57 Å². The smallest absolute Gasteiger partial charge is 0.342 e. The van der Waals surface area contributed by atoms with Crippen LogP contribution in [0.15, 0.2) is 94.2 Å². The number of Topliss-reactive ketones (excluding diaryl/α,β-unsaturated/α-hetero) is 1. The van der Waals surface area contributed by atoms with Crippen LogP contribution in [0.3, 0.4) is 0 Å². The number of carbonyl (C=O) groups is 2. The maximum absolute atomic E-state index is 13.3. The Morgan fingerprint density at radius 3 is 1.79 bits per heavy atom. The van der Waals surface area contributed by atoms with Crippen LogP contribution in [0.25, 0.3) is 5.57 Å². The minimum absolute atomic E-state index is 0.0645. The van der Waals surface area contributed by atoms with Gasteiger partial charge in [-0.25, -0.2) is 9.00 Å². The number of esters is 1. The van der Waals surface area contributed by atoms with Crippen molar-refractivity contribution in [1.82, 2.24) is 0 Å². The summed E-state index contributed by atoms with van der Waals surface area (Å²) in [5.41, 5.74) is 1.97. The Morgan fingerprint density at radius 2 is 1.25 bits per heavy atom. The van der Waals surface area contributed by atoms with Crippen LogP contribution < -0.4 is 0 Å². The molecule has 0 bridgehead atoms. The molecule has 0 aromatic heterocycles. The van der Waals surface area contributed by atoms with Crippen LogP contribution in [0, 0.1) is 0 Å². The van der Waals surface area contributed by atoms with Crippen LogP contribution in [0.4, 0.5) is 0 Å². The fourth-order valence-electron chi connectivity index (χ4n) is 3.35. The van der Waals surface area contributed by atoms with E-state index in [4.69, 9.17) is 4.74 Å². The van der Waals surface area contributed by atoms with Gasteiger partial charge in [0.15, 0.2) is 0 Å². The predicted molar refractivity (Wildman–Crippen MR) is 106 cm³/mol. The summed E-state index contributed by atoms with van der Waals surface area (Å²) < 4.78 is 18.0. The highest BCUT2D eigenvalue weighted by atomic mass is 32.2. The first kappa shape index (κ1) is 18.1. The molecule has 0 N–H and O–H groups in total. The van der Waals surface area contributed by atoms with E-state index in [1.807, 2.05) is 0 Å². The molecule has 1 aliphatic heterocycles. The molecule has 0 saturated heterocycles. The molecule has 138 valence electrons. The number of rotatable bonds is 3. The van der Waals surface area contributed by atoms with Crippen LogP contribution in [0.2, 0.25) is 0 Å². The molecule has 28 heavy (non-hydrogen) atoms. The first-order valence-electron chi connectivity index (χ1n) is 8.66. The Balaban J connectivity index is 2.09. The fourth-order valence-corrected chi connectivity index (χ4v) is 4.73. The third-order valence-electron chi connectivity index (χ3n) is 4.61. The number of methoxy groups -OCH3 is 1. The molecule has 1 aliphatic rings. The van der Waals surface area contributed by atoms with Gasteiger partial charge in [-0.05, 0) is 23.3 Å². The molecular weight excluding hydrogens is 372 g/mol. The summed E-state index contributed by atoms with van der Waals surface area (Å²) in [6.45, 7) is 0. The van der Waals surface area contributed by atoms with Gasteiger partial charge in [0, 0.05) is 11.1 Å². The molecule has 0 saturated carbocycles.